The number of rotatable bonds is 7. The molecule has 0 aromatic heterocycles. The van der Waals surface area contributed by atoms with Crippen LogP contribution in [-0.4, -0.2) is 49.2 Å². The van der Waals surface area contributed by atoms with Crippen molar-refractivity contribution in [1.82, 2.24) is 10.2 Å². The van der Waals surface area contributed by atoms with Gasteiger partial charge < -0.3 is 10.1 Å². The summed E-state index contributed by atoms with van der Waals surface area (Å²) in [4.78, 5) is 14.8. The van der Waals surface area contributed by atoms with Crippen molar-refractivity contribution in [2.75, 3.05) is 26.7 Å². The third-order valence-corrected chi connectivity index (χ3v) is 5.41. The summed E-state index contributed by atoms with van der Waals surface area (Å²) in [5.41, 5.74) is 2.78. The average Bonchev–Trinajstić information content (AvgIpc) is 2.73. The second-order valence-corrected chi connectivity index (χ2v) is 7.25. The summed E-state index contributed by atoms with van der Waals surface area (Å²) in [6.07, 6.45) is 0.424. The van der Waals surface area contributed by atoms with Gasteiger partial charge in [0.2, 0.25) is 0 Å². The molecule has 1 aliphatic rings. The van der Waals surface area contributed by atoms with E-state index in [2.05, 4.69) is 22.4 Å². The van der Waals surface area contributed by atoms with Gasteiger partial charge >= 0.3 is 0 Å². The second kappa shape index (κ2) is 8.87. The van der Waals surface area contributed by atoms with E-state index in [4.69, 9.17) is 10.00 Å². The smallest absolute Gasteiger partial charge is 0.255 e. The predicted molar refractivity (Wildman–Crippen MR) is 110 cm³/mol. The lowest BCUT2D eigenvalue weighted by molar-refractivity contribution is -0.166. The average molecular weight is 388 g/mol. The highest BCUT2D eigenvalue weighted by atomic mass is 16.5. The fraction of sp³-hybridized carbons (Fsp3) is 0.348. The Hall–Kier alpha value is -3.19. The van der Waals surface area contributed by atoms with Gasteiger partial charge in [0, 0.05) is 26.6 Å². The molecule has 6 heteroatoms. The lowest BCUT2D eigenvalue weighted by atomic mass is 9.92. The maximum absolute atomic E-state index is 12.7. The molecule has 6 nitrogen and oxygen atoms in total. The summed E-state index contributed by atoms with van der Waals surface area (Å²) < 4.78 is 5.46. The first-order chi connectivity index (χ1) is 14.0. The number of amides is 1. The lowest BCUT2D eigenvalue weighted by Gasteiger charge is -2.47. The Bertz CT molecular complexity index is 933. The molecule has 3 rings (SSSR count). The summed E-state index contributed by atoms with van der Waals surface area (Å²) >= 11 is 0. The summed E-state index contributed by atoms with van der Waals surface area (Å²) in [5, 5.41) is 21.2. The van der Waals surface area contributed by atoms with Crippen LogP contribution in [0.3, 0.4) is 0 Å². The van der Waals surface area contributed by atoms with Crippen molar-refractivity contribution in [3.63, 3.8) is 0 Å². The number of likely N-dealkylation sites (N-methyl/N-ethyl adjacent to an activating group) is 1. The number of nitrogens with one attached hydrogen (secondary N) is 1. The zero-order valence-corrected chi connectivity index (χ0v) is 16.7. The van der Waals surface area contributed by atoms with Gasteiger partial charge in [-0.25, -0.2) is 0 Å². The van der Waals surface area contributed by atoms with Gasteiger partial charge in [0.05, 0.1) is 17.7 Å². The minimum Gasteiger partial charge on any atom is -0.366 e. The second-order valence-electron chi connectivity index (χ2n) is 7.25. The predicted octanol–water partition coefficient (Wildman–Crippen LogP) is 2.50. The molecular weight excluding hydrogens is 364 g/mol. The zero-order valence-electron chi connectivity index (χ0n) is 16.7. The first kappa shape index (κ1) is 20.5. The highest BCUT2D eigenvalue weighted by molar-refractivity contribution is 5.87. The molecule has 1 heterocycles. The number of hydrogen-bond acceptors (Lipinski definition) is 5. The standard InChI is InChI=1S/C23H24N4O2/c1-3-27-15-23(16-27,29-2)22(28)26-21(14-25)12-17-4-8-19(9-5-17)20-10-6-18(13-24)7-11-20/h4-11,21H,3,12,15-16H2,1-2H3,(H,26,28). The number of nitrogens with zero attached hydrogens (tertiary/aromatic N) is 3. The zero-order chi connectivity index (χ0) is 20.9. The summed E-state index contributed by atoms with van der Waals surface area (Å²) in [5.74, 6) is -0.231. The van der Waals surface area contributed by atoms with Gasteiger partial charge in [-0.1, -0.05) is 43.3 Å². The molecule has 0 radical (unpaired) electrons. The first-order valence-corrected chi connectivity index (χ1v) is 9.61. The molecule has 2 aromatic rings. The third kappa shape index (κ3) is 4.46. The van der Waals surface area contributed by atoms with Gasteiger partial charge in [-0.3, -0.25) is 9.69 Å². The highest BCUT2D eigenvalue weighted by Crippen LogP contribution is 2.25. The van der Waals surface area contributed by atoms with Crippen LogP contribution in [0.4, 0.5) is 0 Å². The molecular formula is C23H24N4O2. The monoisotopic (exact) mass is 388 g/mol. The highest BCUT2D eigenvalue weighted by Gasteiger charge is 2.49. The van der Waals surface area contributed by atoms with E-state index in [0.29, 0.717) is 25.1 Å². The molecule has 0 spiro atoms. The van der Waals surface area contributed by atoms with Gasteiger partial charge in [0.1, 0.15) is 6.04 Å². The number of benzene rings is 2. The number of likely N-dealkylation sites (tertiary alicyclic amines) is 1. The molecule has 1 atom stereocenters. The van der Waals surface area contributed by atoms with Crippen molar-refractivity contribution in [2.45, 2.75) is 25.0 Å². The van der Waals surface area contributed by atoms with E-state index in [1.165, 1.54) is 7.11 Å². The SMILES string of the molecule is CCN1CC(OC)(C(=O)NC(C#N)Cc2ccc(-c3ccc(C#N)cc3)cc2)C1. The molecule has 1 saturated heterocycles. The maximum Gasteiger partial charge on any atom is 0.255 e. The van der Waals surface area contributed by atoms with Gasteiger partial charge in [-0.15, -0.1) is 0 Å². The Labute approximate surface area is 171 Å². The van der Waals surface area contributed by atoms with Gasteiger partial charge in [0.15, 0.2) is 5.60 Å². The molecule has 1 fully saturated rings. The molecule has 29 heavy (non-hydrogen) atoms. The van der Waals surface area contributed by atoms with Crippen LogP contribution < -0.4 is 5.32 Å². The molecule has 0 saturated carbocycles. The summed E-state index contributed by atoms with van der Waals surface area (Å²) in [6, 6.07) is 18.9. The lowest BCUT2D eigenvalue weighted by Crippen LogP contribution is -2.70. The topological polar surface area (TPSA) is 89.2 Å². The minimum absolute atomic E-state index is 0.231. The van der Waals surface area contributed by atoms with Crippen LogP contribution >= 0.6 is 0 Å². The van der Waals surface area contributed by atoms with E-state index < -0.39 is 11.6 Å². The Morgan fingerprint density at radius 1 is 1.14 bits per heavy atom. The molecule has 0 bridgehead atoms. The number of hydrogen-bond donors (Lipinski definition) is 1. The summed E-state index contributed by atoms with van der Waals surface area (Å²) in [6.45, 7) is 4.00. The Morgan fingerprint density at radius 2 is 1.72 bits per heavy atom. The molecule has 0 aliphatic carbocycles. The molecule has 1 N–H and O–H groups in total. The normalized spacial score (nSPS) is 16.1. The number of methoxy groups -OCH3 is 1. The number of carbonyl (C=O) groups is 1. The van der Waals surface area contributed by atoms with Crippen LogP contribution in [0.5, 0.6) is 0 Å². The van der Waals surface area contributed by atoms with E-state index in [0.717, 1.165) is 23.2 Å². The largest absolute Gasteiger partial charge is 0.366 e. The van der Waals surface area contributed by atoms with E-state index in [1.807, 2.05) is 43.3 Å². The van der Waals surface area contributed by atoms with Gasteiger partial charge in [0.25, 0.3) is 5.91 Å². The van der Waals surface area contributed by atoms with Crippen LogP contribution in [0.1, 0.15) is 18.1 Å². The van der Waals surface area contributed by atoms with Crippen LogP contribution in [0.2, 0.25) is 0 Å². The molecule has 148 valence electrons. The fourth-order valence-electron chi connectivity index (χ4n) is 3.49. The van der Waals surface area contributed by atoms with Crippen molar-refractivity contribution in [1.29, 1.82) is 10.5 Å². The van der Waals surface area contributed by atoms with Crippen molar-refractivity contribution in [3.8, 4) is 23.3 Å². The quantitative estimate of drug-likeness (QED) is 0.787. The van der Waals surface area contributed by atoms with Gasteiger partial charge in [-0.05, 0) is 35.4 Å². The summed E-state index contributed by atoms with van der Waals surface area (Å²) in [7, 11) is 1.54. The van der Waals surface area contributed by atoms with Crippen LogP contribution in [0, 0.1) is 22.7 Å². The van der Waals surface area contributed by atoms with Crippen LogP contribution in [0.25, 0.3) is 11.1 Å². The van der Waals surface area contributed by atoms with Crippen molar-refractivity contribution in [2.24, 2.45) is 0 Å². The first-order valence-electron chi connectivity index (χ1n) is 9.61. The number of carbonyl (C=O) groups excluding carboxylic acids is 1. The molecule has 1 aliphatic heterocycles. The third-order valence-electron chi connectivity index (χ3n) is 5.41. The maximum atomic E-state index is 12.7. The minimum atomic E-state index is -0.857. The van der Waals surface area contributed by atoms with Crippen molar-refractivity contribution >= 4 is 5.91 Å². The molecule has 1 unspecified atom stereocenters. The fourth-order valence-corrected chi connectivity index (χ4v) is 3.49. The van der Waals surface area contributed by atoms with Crippen molar-refractivity contribution in [3.05, 3.63) is 59.7 Å². The van der Waals surface area contributed by atoms with E-state index >= 15 is 0 Å². The van der Waals surface area contributed by atoms with E-state index in [9.17, 15) is 10.1 Å². The number of nitriles is 2. The number of ether oxygens (including phenoxy) is 1. The Morgan fingerprint density at radius 3 is 2.21 bits per heavy atom. The Balaban J connectivity index is 1.63. The van der Waals surface area contributed by atoms with Crippen molar-refractivity contribution < 1.29 is 9.53 Å². The van der Waals surface area contributed by atoms with Crippen LogP contribution in [0.15, 0.2) is 48.5 Å². The Kier molecular flexibility index (Phi) is 6.29. The molecule has 2 aromatic carbocycles. The van der Waals surface area contributed by atoms with Gasteiger partial charge in [-0.2, -0.15) is 10.5 Å². The molecule has 1 amide bonds. The van der Waals surface area contributed by atoms with E-state index in [1.54, 1.807) is 12.1 Å². The van der Waals surface area contributed by atoms with Crippen LogP contribution in [-0.2, 0) is 16.0 Å². The van der Waals surface area contributed by atoms with E-state index in [-0.39, 0.29) is 5.91 Å².